The Morgan fingerprint density at radius 2 is 1.72 bits per heavy atom. The molecule has 0 spiro atoms. The van der Waals surface area contributed by atoms with Gasteiger partial charge in [-0.25, -0.2) is 4.39 Å². The molecule has 154 valence electrons. The van der Waals surface area contributed by atoms with E-state index < -0.39 is 12.0 Å². The summed E-state index contributed by atoms with van der Waals surface area (Å²) in [7, 11) is 4.43. The maximum Gasteiger partial charge on any atom is 0.307 e. The molecule has 0 saturated carbocycles. The van der Waals surface area contributed by atoms with Crippen molar-refractivity contribution in [2.24, 2.45) is 0 Å². The Kier molecular flexibility index (Phi) is 6.36. The van der Waals surface area contributed by atoms with Crippen molar-refractivity contribution in [3.05, 3.63) is 58.9 Å². The highest BCUT2D eigenvalue weighted by Gasteiger charge is 2.33. The molecule has 1 aliphatic rings. The molecule has 0 fully saturated rings. The van der Waals surface area contributed by atoms with Gasteiger partial charge in [-0.2, -0.15) is 0 Å². The summed E-state index contributed by atoms with van der Waals surface area (Å²) < 4.78 is 28.8. The van der Waals surface area contributed by atoms with Crippen LogP contribution in [-0.2, 0) is 27.2 Å². The minimum absolute atomic E-state index is 0.0359. The van der Waals surface area contributed by atoms with E-state index in [0.717, 1.165) is 11.1 Å². The van der Waals surface area contributed by atoms with Gasteiger partial charge in [-0.05, 0) is 47.4 Å². The number of methoxy groups -OCH3 is 3. The first kappa shape index (κ1) is 20.6. The number of carbonyl (C=O) groups excluding carboxylic acids is 2. The van der Waals surface area contributed by atoms with E-state index in [-0.39, 0.29) is 24.6 Å². The van der Waals surface area contributed by atoms with Crippen LogP contribution in [0.15, 0.2) is 36.4 Å². The molecule has 1 heterocycles. The number of benzene rings is 2. The van der Waals surface area contributed by atoms with Gasteiger partial charge in [0.15, 0.2) is 11.5 Å². The van der Waals surface area contributed by atoms with Gasteiger partial charge in [-0.1, -0.05) is 12.1 Å². The smallest absolute Gasteiger partial charge is 0.307 e. The fourth-order valence-electron chi connectivity index (χ4n) is 3.67. The molecule has 2 aromatic carbocycles. The number of esters is 1. The first-order valence-corrected chi connectivity index (χ1v) is 9.32. The maximum absolute atomic E-state index is 13.2. The van der Waals surface area contributed by atoms with Crippen LogP contribution < -0.4 is 9.47 Å². The predicted octanol–water partition coefficient (Wildman–Crippen LogP) is 3.07. The highest BCUT2D eigenvalue weighted by molar-refractivity contribution is 5.81. The fourth-order valence-corrected chi connectivity index (χ4v) is 3.67. The monoisotopic (exact) mass is 401 g/mol. The molecule has 0 bridgehead atoms. The lowest BCUT2D eigenvalue weighted by Crippen LogP contribution is -2.42. The van der Waals surface area contributed by atoms with E-state index in [1.165, 1.54) is 19.2 Å². The van der Waals surface area contributed by atoms with Gasteiger partial charge in [0.25, 0.3) is 0 Å². The minimum Gasteiger partial charge on any atom is -0.493 e. The first-order chi connectivity index (χ1) is 14.0. The number of rotatable bonds is 6. The molecule has 1 unspecified atom stereocenters. The van der Waals surface area contributed by atoms with Crippen LogP contribution in [0.25, 0.3) is 0 Å². The van der Waals surface area contributed by atoms with E-state index >= 15 is 0 Å². The van der Waals surface area contributed by atoms with Gasteiger partial charge in [-0.3, -0.25) is 9.59 Å². The summed E-state index contributed by atoms with van der Waals surface area (Å²) in [6.45, 7) is 0.462. The van der Waals surface area contributed by atoms with E-state index in [1.807, 2.05) is 12.1 Å². The van der Waals surface area contributed by atoms with Crippen LogP contribution in [0.5, 0.6) is 11.5 Å². The van der Waals surface area contributed by atoms with Crippen molar-refractivity contribution in [2.45, 2.75) is 25.3 Å². The highest BCUT2D eigenvalue weighted by atomic mass is 19.1. The van der Waals surface area contributed by atoms with Gasteiger partial charge in [0.05, 0.1) is 40.2 Å². The van der Waals surface area contributed by atoms with Crippen LogP contribution in [0.1, 0.15) is 29.2 Å². The maximum atomic E-state index is 13.2. The Bertz CT molecular complexity index is 897. The summed E-state index contributed by atoms with van der Waals surface area (Å²) in [4.78, 5) is 26.8. The Labute approximate surface area is 169 Å². The van der Waals surface area contributed by atoms with Gasteiger partial charge < -0.3 is 19.1 Å². The summed E-state index contributed by atoms with van der Waals surface area (Å²) in [6.07, 6.45) is 0.789. The third-order valence-corrected chi connectivity index (χ3v) is 5.18. The molecule has 0 aliphatic carbocycles. The number of halogens is 1. The second kappa shape index (κ2) is 8.94. The SMILES string of the molecule is COC(=O)CC1c2cc(OC)c(OC)cc2CCN1C(=O)Cc1ccc(F)cc1. The van der Waals surface area contributed by atoms with Crippen LogP contribution >= 0.6 is 0 Å². The number of hydrogen-bond donors (Lipinski definition) is 0. The number of hydrogen-bond acceptors (Lipinski definition) is 5. The largest absolute Gasteiger partial charge is 0.493 e. The Morgan fingerprint density at radius 1 is 1.07 bits per heavy atom. The summed E-state index contributed by atoms with van der Waals surface area (Å²) in [6, 6.07) is 9.08. The Hall–Kier alpha value is -3.09. The molecule has 0 radical (unpaired) electrons. The third kappa shape index (κ3) is 4.50. The predicted molar refractivity (Wildman–Crippen MR) is 104 cm³/mol. The lowest BCUT2D eigenvalue weighted by atomic mass is 9.89. The average Bonchev–Trinajstić information content (AvgIpc) is 2.74. The molecular formula is C22H24FNO5. The van der Waals surface area contributed by atoms with Gasteiger partial charge in [0, 0.05) is 6.54 Å². The van der Waals surface area contributed by atoms with Crippen LogP contribution in [0, 0.1) is 5.82 Å². The minimum atomic E-state index is -0.473. The zero-order valence-electron chi connectivity index (χ0n) is 16.7. The normalized spacial score (nSPS) is 15.4. The molecule has 0 N–H and O–H groups in total. The van der Waals surface area contributed by atoms with Crippen LogP contribution in [0.2, 0.25) is 0 Å². The zero-order chi connectivity index (χ0) is 21.0. The average molecular weight is 401 g/mol. The number of carbonyl (C=O) groups is 2. The molecular weight excluding hydrogens is 377 g/mol. The molecule has 7 heteroatoms. The second-order valence-electron chi connectivity index (χ2n) is 6.84. The van der Waals surface area contributed by atoms with Crippen LogP contribution in [-0.4, -0.2) is 44.7 Å². The van der Waals surface area contributed by atoms with E-state index in [0.29, 0.717) is 30.0 Å². The quantitative estimate of drug-likeness (QED) is 0.696. The molecule has 1 amide bonds. The Morgan fingerprint density at radius 3 is 2.34 bits per heavy atom. The lowest BCUT2D eigenvalue weighted by molar-refractivity contribution is -0.144. The number of nitrogens with zero attached hydrogens (tertiary/aromatic N) is 1. The van der Waals surface area contributed by atoms with Crippen molar-refractivity contribution in [3.63, 3.8) is 0 Å². The van der Waals surface area contributed by atoms with E-state index in [4.69, 9.17) is 14.2 Å². The molecule has 1 atom stereocenters. The number of fused-ring (bicyclic) bond motifs is 1. The van der Waals surface area contributed by atoms with Crippen molar-refractivity contribution < 1.29 is 28.2 Å². The molecule has 1 aliphatic heterocycles. The van der Waals surface area contributed by atoms with Crippen molar-refractivity contribution in [1.29, 1.82) is 0 Å². The molecule has 2 aromatic rings. The number of ether oxygens (including phenoxy) is 3. The van der Waals surface area contributed by atoms with E-state index in [9.17, 15) is 14.0 Å². The lowest BCUT2D eigenvalue weighted by Gasteiger charge is -2.37. The standard InChI is InChI=1S/C22H24FNO5/c1-27-19-11-15-8-9-24(21(25)10-14-4-6-16(23)7-5-14)18(13-22(26)29-3)17(15)12-20(19)28-2/h4-7,11-12,18H,8-10,13H2,1-3H3. The first-order valence-electron chi connectivity index (χ1n) is 9.32. The van der Waals surface area contributed by atoms with Crippen molar-refractivity contribution in [2.75, 3.05) is 27.9 Å². The molecule has 3 rings (SSSR count). The highest BCUT2D eigenvalue weighted by Crippen LogP contribution is 2.39. The summed E-state index contributed by atoms with van der Waals surface area (Å²) in [5.74, 6) is 0.254. The summed E-state index contributed by atoms with van der Waals surface area (Å²) in [5.41, 5.74) is 2.56. The van der Waals surface area contributed by atoms with Crippen LogP contribution in [0.3, 0.4) is 0 Å². The third-order valence-electron chi connectivity index (χ3n) is 5.18. The molecule has 29 heavy (non-hydrogen) atoms. The van der Waals surface area contributed by atoms with E-state index in [1.54, 1.807) is 31.3 Å². The Balaban J connectivity index is 1.93. The van der Waals surface area contributed by atoms with Gasteiger partial charge in [0.2, 0.25) is 5.91 Å². The van der Waals surface area contributed by atoms with Crippen molar-refractivity contribution in [1.82, 2.24) is 4.90 Å². The number of amides is 1. The molecule has 0 aromatic heterocycles. The van der Waals surface area contributed by atoms with Crippen LogP contribution in [0.4, 0.5) is 4.39 Å². The van der Waals surface area contributed by atoms with Crippen molar-refractivity contribution in [3.8, 4) is 11.5 Å². The summed E-state index contributed by atoms with van der Waals surface area (Å²) in [5, 5.41) is 0. The molecule has 0 saturated heterocycles. The van der Waals surface area contributed by atoms with Gasteiger partial charge in [0.1, 0.15) is 5.82 Å². The van der Waals surface area contributed by atoms with Gasteiger partial charge in [-0.15, -0.1) is 0 Å². The fraction of sp³-hybridized carbons (Fsp3) is 0.364. The summed E-state index contributed by atoms with van der Waals surface area (Å²) >= 11 is 0. The van der Waals surface area contributed by atoms with Crippen molar-refractivity contribution >= 4 is 11.9 Å². The zero-order valence-corrected chi connectivity index (χ0v) is 16.7. The second-order valence-corrected chi connectivity index (χ2v) is 6.84. The van der Waals surface area contributed by atoms with E-state index in [2.05, 4.69) is 0 Å². The molecule has 6 nitrogen and oxygen atoms in total. The topological polar surface area (TPSA) is 65.1 Å². The van der Waals surface area contributed by atoms with Gasteiger partial charge >= 0.3 is 5.97 Å².